The van der Waals surface area contributed by atoms with Gasteiger partial charge in [0.25, 0.3) is 5.91 Å². The summed E-state index contributed by atoms with van der Waals surface area (Å²) in [6.07, 6.45) is 3.46. The Labute approximate surface area is 278 Å². The van der Waals surface area contributed by atoms with Crippen LogP contribution in [0.3, 0.4) is 0 Å². The maximum Gasteiger partial charge on any atom is 0.349 e. The Hall–Kier alpha value is -4.44. The van der Waals surface area contributed by atoms with Crippen LogP contribution in [0, 0.1) is 23.1 Å². The molecule has 3 N–H and O–H groups in total. The molecule has 2 aromatic rings. The van der Waals surface area contributed by atoms with Crippen molar-refractivity contribution in [2.24, 2.45) is 5.92 Å². The van der Waals surface area contributed by atoms with Crippen molar-refractivity contribution in [1.82, 2.24) is 15.5 Å². The molecule has 1 heterocycles. The van der Waals surface area contributed by atoms with E-state index in [9.17, 15) is 19.2 Å². The van der Waals surface area contributed by atoms with E-state index < -0.39 is 52.5 Å². The highest BCUT2D eigenvalue weighted by Crippen LogP contribution is 2.37. The molecule has 3 atom stereocenters. The molecule has 10 nitrogen and oxygen atoms in total. The van der Waals surface area contributed by atoms with Crippen LogP contribution in [0.1, 0.15) is 81.9 Å². The number of anilines is 1. The number of carbonyl (C=O) groups is 4. The average molecular weight is 670 g/mol. The zero-order chi connectivity index (χ0) is 35.1. The maximum atomic E-state index is 15.6. The Bertz CT molecular complexity index is 1550. The van der Waals surface area contributed by atoms with Crippen molar-refractivity contribution in [3.05, 3.63) is 65.0 Å². The van der Waals surface area contributed by atoms with Gasteiger partial charge in [0.15, 0.2) is 0 Å². The summed E-state index contributed by atoms with van der Waals surface area (Å²) in [4.78, 5) is 54.3. The summed E-state index contributed by atoms with van der Waals surface area (Å²) >= 11 is 0. The van der Waals surface area contributed by atoms with E-state index in [1.54, 1.807) is 24.8 Å². The van der Waals surface area contributed by atoms with E-state index >= 15 is 13.2 Å². The Balaban J connectivity index is 1.57. The lowest BCUT2D eigenvalue weighted by Gasteiger charge is -2.40. The number of amides is 4. The molecular formula is C35H42F3N5O5. The van der Waals surface area contributed by atoms with Gasteiger partial charge in [-0.1, -0.05) is 51.3 Å². The fourth-order valence-corrected chi connectivity index (χ4v) is 6.27. The lowest BCUT2D eigenvalue weighted by Crippen LogP contribution is -2.62. The van der Waals surface area contributed by atoms with Crippen LogP contribution in [0.2, 0.25) is 0 Å². The van der Waals surface area contributed by atoms with Crippen LogP contribution in [0.25, 0.3) is 0 Å². The summed E-state index contributed by atoms with van der Waals surface area (Å²) in [6, 6.07) is 9.31. The molecule has 0 aromatic heterocycles. The van der Waals surface area contributed by atoms with Gasteiger partial charge in [-0.25, -0.2) is 4.39 Å². The fourth-order valence-electron chi connectivity index (χ4n) is 6.27. The van der Waals surface area contributed by atoms with Crippen molar-refractivity contribution in [1.29, 1.82) is 5.26 Å². The molecule has 1 saturated carbocycles. The quantitative estimate of drug-likeness (QED) is 0.316. The molecule has 2 fully saturated rings. The number of carbonyl (C=O) groups excluding carboxylic acids is 4. The Kier molecular flexibility index (Phi) is 11.9. The predicted molar refractivity (Wildman–Crippen MR) is 171 cm³/mol. The molecule has 0 unspecified atom stereocenters. The number of alkyl halides is 2. The fraction of sp³-hybridized carbons (Fsp3) is 0.514. The summed E-state index contributed by atoms with van der Waals surface area (Å²) in [7, 11) is 0. The molecule has 1 aliphatic heterocycles. The van der Waals surface area contributed by atoms with E-state index in [-0.39, 0.29) is 29.5 Å². The highest BCUT2D eigenvalue weighted by molar-refractivity contribution is 6.01. The molecule has 2 aliphatic rings. The topological polar surface area (TPSA) is 141 Å². The van der Waals surface area contributed by atoms with Crippen LogP contribution in [-0.4, -0.2) is 66.4 Å². The first kappa shape index (κ1) is 36.4. The van der Waals surface area contributed by atoms with Crippen LogP contribution in [0.5, 0.6) is 0 Å². The molecule has 0 spiro atoms. The molecule has 1 saturated heterocycles. The Morgan fingerprint density at radius 2 is 1.73 bits per heavy atom. The summed E-state index contributed by atoms with van der Waals surface area (Å²) in [6.45, 7) is 6.16. The number of rotatable bonds is 11. The molecule has 2 aromatic carbocycles. The van der Waals surface area contributed by atoms with E-state index in [1.807, 2.05) is 0 Å². The number of hydrogen-bond donors (Lipinski definition) is 3. The normalized spacial score (nSPS) is 18.1. The predicted octanol–water partition coefficient (Wildman–Crippen LogP) is 4.74. The number of ether oxygens (including phenoxy) is 1. The zero-order valence-corrected chi connectivity index (χ0v) is 27.4. The van der Waals surface area contributed by atoms with Crippen molar-refractivity contribution < 1.29 is 37.1 Å². The first-order valence-electron chi connectivity index (χ1n) is 16.3. The van der Waals surface area contributed by atoms with E-state index in [4.69, 9.17) is 10.00 Å². The number of nitrogens with one attached hydrogen (secondary N) is 3. The second-order valence-electron chi connectivity index (χ2n) is 12.6. The zero-order valence-electron chi connectivity index (χ0n) is 27.4. The highest BCUT2D eigenvalue weighted by atomic mass is 19.3. The van der Waals surface area contributed by atoms with Gasteiger partial charge in [-0.15, -0.1) is 0 Å². The van der Waals surface area contributed by atoms with E-state index in [0.29, 0.717) is 44.7 Å². The molecule has 0 bridgehead atoms. The molecule has 258 valence electrons. The first-order chi connectivity index (χ1) is 22.8. The number of morpholine rings is 1. The number of benzene rings is 2. The molecule has 0 radical (unpaired) electrons. The monoisotopic (exact) mass is 669 g/mol. The van der Waals surface area contributed by atoms with Crippen molar-refractivity contribution in [3.63, 3.8) is 0 Å². The summed E-state index contributed by atoms with van der Waals surface area (Å²) in [5, 5.41) is 16.7. The van der Waals surface area contributed by atoms with Crippen molar-refractivity contribution >= 4 is 29.3 Å². The van der Waals surface area contributed by atoms with Gasteiger partial charge < -0.3 is 25.6 Å². The maximum absolute atomic E-state index is 15.6. The third kappa shape index (κ3) is 8.16. The van der Waals surface area contributed by atoms with Gasteiger partial charge in [-0.2, -0.15) is 14.0 Å². The molecule has 48 heavy (non-hydrogen) atoms. The molecule has 1 aliphatic carbocycles. The lowest BCUT2D eigenvalue weighted by molar-refractivity contribution is -0.152. The van der Waals surface area contributed by atoms with Gasteiger partial charge in [0.05, 0.1) is 30.5 Å². The Morgan fingerprint density at radius 1 is 1.04 bits per heavy atom. The molecule has 4 amide bonds. The lowest BCUT2D eigenvalue weighted by atomic mass is 9.74. The van der Waals surface area contributed by atoms with Gasteiger partial charge in [-0.05, 0) is 55.5 Å². The number of hydrogen-bond acceptors (Lipinski definition) is 6. The third-order valence-electron chi connectivity index (χ3n) is 9.40. The minimum atomic E-state index is -4.06. The van der Waals surface area contributed by atoms with Crippen LogP contribution >= 0.6 is 0 Å². The Morgan fingerprint density at radius 3 is 2.35 bits per heavy atom. The second kappa shape index (κ2) is 15.6. The van der Waals surface area contributed by atoms with Crippen molar-refractivity contribution in [2.75, 3.05) is 31.6 Å². The van der Waals surface area contributed by atoms with E-state index in [1.165, 1.54) is 31.2 Å². The van der Waals surface area contributed by atoms with Crippen LogP contribution in [-0.2, 0) is 29.8 Å². The van der Waals surface area contributed by atoms with Gasteiger partial charge in [0, 0.05) is 31.0 Å². The smallest absolute Gasteiger partial charge is 0.349 e. The largest absolute Gasteiger partial charge is 0.378 e. The van der Waals surface area contributed by atoms with Crippen molar-refractivity contribution in [2.45, 2.75) is 82.7 Å². The minimum Gasteiger partial charge on any atom is -0.378 e. The summed E-state index contributed by atoms with van der Waals surface area (Å²) in [5.74, 6) is -9.30. The van der Waals surface area contributed by atoms with Crippen LogP contribution in [0.4, 0.5) is 18.9 Å². The summed E-state index contributed by atoms with van der Waals surface area (Å²) < 4.78 is 51.8. The number of nitrogens with zero attached hydrogens (tertiary/aromatic N) is 2. The molecular weight excluding hydrogens is 627 g/mol. The highest BCUT2D eigenvalue weighted by Gasteiger charge is 2.49. The van der Waals surface area contributed by atoms with Gasteiger partial charge in [-0.3, -0.25) is 19.2 Å². The number of nitriles is 1. The standard InChI is InChI=1S/C35H42F3N5O5/c1-4-29(44)41-30(31(45)43-15-17-48-18-16-43)22(2)24-13-14-28(27(36)20-24)40-32(46)34(3,25-10-6-5-7-11-25)42-33(47)35(37,38)26-12-8-9-23(19-26)21-39/h8-9,12-14,19-20,22,25,30H,4-7,10-11,15-18H2,1-3H3,(H,40,46)(H,41,44)(H,42,47)/t22-,30+,34+/m0/s1. The molecule has 4 rings (SSSR count). The van der Waals surface area contributed by atoms with Crippen molar-refractivity contribution in [3.8, 4) is 6.07 Å². The van der Waals surface area contributed by atoms with Crippen LogP contribution in [0.15, 0.2) is 42.5 Å². The number of halogens is 3. The second-order valence-corrected chi connectivity index (χ2v) is 12.6. The summed E-state index contributed by atoms with van der Waals surface area (Å²) in [5.41, 5.74) is -2.43. The molecule has 13 heteroatoms. The van der Waals surface area contributed by atoms with Gasteiger partial charge in [0.1, 0.15) is 17.4 Å². The first-order valence-corrected chi connectivity index (χ1v) is 16.3. The average Bonchev–Trinajstić information content (AvgIpc) is 3.11. The third-order valence-corrected chi connectivity index (χ3v) is 9.40. The van der Waals surface area contributed by atoms with E-state index in [0.717, 1.165) is 37.5 Å². The van der Waals surface area contributed by atoms with Gasteiger partial charge >= 0.3 is 5.92 Å². The van der Waals surface area contributed by atoms with E-state index in [2.05, 4.69) is 16.0 Å². The SMILES string of the molecule is CCC(=O)N[C@@H](C(=O)N1CCOCC1)[C@@H](C)c1ccc(NC(=O)[C@](C)(NC(=O)C(F)(F)c2cccc(C#N)c2)C2CCCCC2)c(F)c1. The van der Waals surface area contributed by atoms with Crippen LogP contribution < -0.4 is 16.0 Å². The minimum absolute atomic E-state index is 0.0504. The van der Waals surface area contributed by atoms with Gasteiger partial charge in [0.2, 0.25) is 17.7 Å².